The number of aromatic nitrogens is 3. The number of halogens is 1. The normalized spacial score (nSPS) is 14.8. The molecule has 1 fully saturated rings. The molecule has 2 aromatic rings. The Balaban J connectivity index is 0.00000320. The average Bonchev–Trinajstić information content (AvgIpc) is 3.12. The van der Waals surface area contributed by atoms with E-state index in [0.29, 0.717) is 18.9 Å². The highest BCUT2D eigenvalue weighted by molar-refractivity contribution is 14.0. The standard InChI is InChI=1S/C21H31N7O.HI/c1-2-22-21(23-13-9-15-27-14-8-4-7-12-20(27)29)24-16-19-26-25-17-28(19)18-10-5-3-6-11-18;/h3,5-6,10-11,17H,2,4,7-9,12-16H2,1H3,(H2,22,23,24);1H. The van der Waals surface area contributed by atoms with Crippen molar-refractivity contribution >= 4 is 35.8 Å². The minimum Gasteiger partial charge on any atom is -0.357 e. The zero-order valence-electron chi connectivity index (χ0n) is 17.6. The van der Waals surface area contributed by atoms with Crippen molar-refractivity contribution in [1.29, 1.82) is 0 Å². The van der Waals surface area contributed by atoms with Crippen molar-refractivity contribution < 1.29 is 4.79 Å². The fourth-order valence-electron chi connectivity index (χ4n) is 3.41. The smallest absolute Gasteiger partial charge is 0.222 e. The van der Waals surface area contributed by atoms with Crippen LogP contribution >= 0.6 is 24.0 Å². The summed E-state index contributed by atoms with van der Waals surface area (Å²) in [5, 5.41) is 14.9. The Bertz CT molecular complexity index is 794. The number of nitrogens with one attached hydrogen (secondary N) is 2. The molecule has 1 aliphatic rings. The first-order chi connectivity index (χ1) is 14.3. The van der Waals surface area contributed by atoms with Crippen LogP contribution in [-0.2, 0) is 11.3 Å². The first kappa shape index (κ1) is 24.1. The predicted octanol–water partition coefficient (Wildman–Crippen LogP) is 2.73. The molecule has 0 unspecified atom stereocenters. The van der Waals surface area contributed by atoms with Gasteiger partial charge in [-0.15, -0.1) is 34.2 Å². The van der Waals surface area contributed by atoms with E-state index in [4.69, 9.17) is 0 Å². The van der Waals surface area contributed by atoms with Gasteiger partial charge >= 0.3 is 0 Å². The molecule has 0 aliphatic carbocycles. The Kier molecular flexibility index (Phi) is 10.6. The fraction of sp³-hybridized carbons (Fsp3) is 0.524. The molecule has 1 saturated heterocycles. The van der Waals surface area contributed by atoms with Crippen molar-refractivity contribution in [3.63, 3.8) is 0 Å². The van der Waals surface area contributed by atoms with Gasteiger partial charge in [-0.1, -0.05) is 24.6 Å². The molecular formula is C21H32IN7O. The predicted molar refractivity (Wildman–Crippen MR) is 129 cm³/mol. The molecule has 0 radical (unpaired) electrons. The van der Waals surface area contributed by atoms with Crippen molar-refractivity contribution in [2.24, 2.45) is 4.99 Å². The zero-order valence-corrected chi connectivity index (χ0v) is 19.9. The van der Waals surface area contributed by atoms with Crippen LogP contribution in [0.2, 0.25) is 0 Å². The van der Waals surface area contributed by atoms with Crippen molar-refractivity contribution in [3.8, 4) is 5.69 Å². The van der Waals surface area contributed by atoms with Gasteiger partial charge in [0.25, 0.3) is 0 Å². The summed E-state index contributed by atoms with van der Waals surface area (Å²) in [4.78, 5) is 18.7. The second-order valence-corrected chi connectivity index (χ2v) is 7.12. The molecule has 8 nitrogen and oxygen atoms in total. The molecule has 2 heterocycles. The van der Waals surface area contributed by atoms with Crippen LogP contribution in [0.4, 0.5) is 0 Å². The molecule has 2 N–H and O–H groups in total. The van der Waals surface area contributed by atoms with Gasteiger partial charge in [0.2, 0.25) is 5.91 Å². The number of amides is 1. The van der Waals surface area contributed by atoms with E-state index < -0.39 is 0 Å². The summed E-state index contributed by atoms with van der Waals surface area (Å²) in [6, 6.07) is 10.00. The van der Waals surface area contributed by atoms with E-state index in [-0.39, 0.29) is 24.0 Å². The first-order valence-electron chi connectivity index (χ1n) is 10.5. The molecule has 0 bridgehead atoms. The molecular weight excluding hydrogens is 493 g/mol. The number of para-hydroxylation sites is 1. The van der Waals surface area contributed by atoms with Gasteiger partial charge in [0.1, 0.15) is 12.9 Å². The van der Waals surface area contributed by atoms with Gasteiger partial charge in [-0.05, 0) is 38.3 Å². The lowest BCUT2D eigenvalue weighted by molar-refractivity contribution is -0.130. The number of aliphatic imine (C=N–C) groups is 1. The summed E-state index contributed by atoms with van der Waals surface area (Å²) < 4.78 is 1.94. The molecule has 0 atom stereocenters. The van der Waals surface area contributed by atoms with Gasteiger partial charge in [0.15, 0.2) is 11.8 Å². The third-order valence-corrected chi connectivity index (χ3v) is 4.94. The zero-order chi connectivity index (χ0) is 20.3. The number of carbonyl (C=O) groups is 1. The highest BCUT2D eigenvalue weighted by atomic mass is 127. The Labute approximate surface area is 195 Å². The van der Waals surface area contributed by atoms with Crippen molar-refractivity contribution in [2.45, 2.75) is 45.6 Å². The van der Waals surface area contributed by atoms with Crippen LogP contribution in [0.15, 0.2) is 41.7 Å². The fourth-order valence-corrected chi connectivity index (χ4v) is 3.41. The van der Waals surface area contributed by atoms with Gasteiger partial charge in [0, 0.05) is 38.3 Å². The Morgan fingerprint density at radius 2 is 2.00 bits per heavy atom. The van der Waals surface area contributed by atoms with Crippen LogP contribution in [0.5, 0.6) is 0 Å². The van der Waals surface area contributed by atoms with E-state index in [9.17, 15) is 4.79 Å². The Hall–Kier alpha value is -2.17. The number of carbonyl (C=O) groups excluding carboxylic acids is 1. The van der Waals surface area contributed by atoms with E-state index in [2.05, 4.69) is 25.8 Å². The number of benzene rings is 1. The van der Waals surface area contributed by atoms with Crippen LogP contribution in [0.3, 0.4) is 0 Å². The largest absolute Gasteiger partial charge is 0.357 e. The lowest BCUT2D eigenvalue weighted by atomic mass is 10.2. The molecule has 3 rings (SSSR count). The molecule has 1 amide bonds. The topological polar surface area (TPSA) is 87.4 Å². The monoisotopic (exact) mass is 525 g/mol. The van der Waals surface area contributed by atoms with E-state index in [0.717, 1.165) is 69.3 Å². The number of hydrogen-bond acceptors (Lipinski definition) is 4. The number of hydrogen-bond donors (Lipinski definition) is 2. The molecule has 1 aromatic carbocycles. The maximum Gasteiger partial charge on any atom is 0.222 e. The van der Waals surface area contributed by atoms with Crippen LogP contribution in [0.25, 0.3) is 5.69 Å². The summed E-state index contributed by atoms with van der Waals surface area (Å²) in [7, 11) is 0. The van der Waals surface area contributed by atoms with Crippen molar-refractivity contribution in [3.05, 3.63) is 42.5 Å². The highest BCUT2D eigenvalue weighted by Crippen LogP contribution is 2.11. The SMILES string of the molecule is CCNC(=NCc1nncn1-c1ccccc1)NCCCN1CCCCCC1=O.I. The molecule has 1 aliphatic heterocycles. The van der Waals surface area contributed by atoms with Gasteiger partial charge in [-0.3, -0.25) is 9.36 Å². The first-order valence-corrected chi connectivity index (χ1v) is 10.5. The summed E-state index contributed by atoms with van der Waals surface area (Å²) in [6.45, 7) is 5.70. The van der Waals surface area contributed by atoms with Gasteiger partial charge in [0.05, 0.1) is 0 Å². The second-order valence-electron chi connectivity index (χ2n) is 7.12. The molecule has 0 saturated carbocycles. The number of rotatable bonds is 8. The number of nitrogens with zero attached hydrogens (tertiary/aromatic N) is 5. The molecule has 30 heavy (non-hydrogen) atoms. The number of likely N-dealkylation sites (tertiary alicyclic amines) is 1. The van der Waals surface area contributed by atoms with E-state index in [1.54, 1.807) is 6.33 Å². The van der Waals surface area contributed by atoms with Crippen LogP contribution in [-0.4, -0.2) is 57.7 Å². The highest BCUT2D eigenvalue weighted by Gasteiger charge is 2.15. The minimum absolute atomic E-state index is 0. The molecule has 1 aromatic heterocycles. The van der Waals surface area contributed by atoms with Crippen LogP contribution < -0.4 is 10.6 Å². The lowest BCUT2D eigenvalue weighted by Crippen LogP contribution is -2.39. The van der Waals surface area contributed by atoms with Crippen molar-refractivity contribution in [2.75, 3.05) is 26.2 Å². The van der Waals surface area contributed by atoms with E-state index >= 15 is 0 Å². The molecule has 9 heteroatoms. The third-order valence-electron chi connectivity index (χ3n) is 4.94. The summed E-state index contributed by atoms with van der Waals surface area (Å²) in [5.74, 6) is 1.82. The van der Waals surface area contributed by atoms with E-state index in [1.165, 1.54) is 0 Å². The quantitative estimate of drug-likeness (QED) is 0.240. The second kappa shape index (κ2) is 13.2. The van der Waals surface area contributed by atoms with Gasteiger partial charge < -0.3 is 15.5 Å². The Morgan fingerprint density at radius 3 is 2.80 bits per heavy atom. The van der Waals surface area contributed by atoms with Crippen LogP contribution in [0, 0.1) is 0 Å². The average molecular weight is 525 g/mol. The van der Waals surface area contributed by atoms with E-state index in [1.807, 2.05) is 46.7 Å². The van der Waals surface area contributed by atoms with Gasteiger partial charge in [-0.25, -0.2) is 4.99 Å². The summed E-state index contributed by atoms with van der Waals surface area (Å²) in [5.41, 5.74) is 1.02. The van der Waals surface area contributed by atoms with Crippen molar-refractivity contribution in [1.82, 2.24) is 30.3 Å². The summed E-state index contributed by atoms with van der Waals surface area (Å²) >= 11 is 0. The Morgan fingerprint density at radius 1 is 1.17 bits per heavy atom. The maximum absolute atomic E-state index is 12.1. The number of guanidine groups is 1. The minimum atomic E-state index is 0. The van der Waals surface area contributed by atoms with Gasteiger partial charge in [-0.2, -0.15) is 0 Å². The molecule has 0 spiro atoms. The maximum atomic E-state index is 12.1. The third kappa shape index (κ3) is 7.26. The molecule has 164 valence electrons. The summed E-state index contributed by atoms with van der Waals surface area (Å²) in [6.07, 6.45) is 6.60. The lowest BCUT2D eigenvalue weighted by Gasteiger charge is -2.20. The van der Waals surface area contributed by atoms with Crippen LogP contribution in [0.1, 0.15) is 44.9 Å².